The standard InChI is InChI=1S/C2HBrN4/c3-2-6-4-1-5-7-2/h1H. The first-order valence-electron chi connectivity index (χ1n) is 1.55. The predicted octanol–water partition coefficient (Wildman–Crippen LogP) is 0.0291. The van der Waals surface area contributed by atoms with Gasteiger partial charge in [-0.15, -0.1) is 20.4 Å². The van der Waals surface area contributed by atoms with Crippen LogP contribution in [0.1, 0.15) is 0 Å². The zero-order chi connectivity index (χ0) is 5.11. The second kappa shape index (κ2) is 1.92. The van der Waals surface area contributed by atoms with E-state index in [9.17, 15) is 0 Å². The van der Waals surface area contributed by atoms with Gasteiger partial charge >= 0.3 is 0 Å². The number of nitrogens with zero attached hydrogens (tertiary/aromatic N) is 4. The van der Waals surface area contributed by atoms with Gasteiger partial charge in [-0.25, -0.2) is 0 Å². The van der Waals surface area contributed by atoms with Crippen LogP contribution in [-0.2, 0) is 0 Å². The molecule has 0 radical (unpaired) electrons. The van der Waals surface area contributed by atoms with Crippen molar-refractivity contribution in [3.63, 3.8) is 0 Å². The fourth-order valence-electron chi connectivity index (χ4n) is 0.190. The van der Waals surface area contributed by atoms with Gasteiger partial charge in [-0.3, -0.25) is 0 Å². The molecule has 5 heteroatoms. The number of halogens is 1. The smallest absolute Gasteiger partial charge is 0.134 e. The SMILES string of the molecule is Brc1nncnn1. The minimum absolute atomic E-state index is 0.412. The third kappa shape index (κ3) is 1.15. The van der Waals surface area contributed by atoms with E-state index in [0.29, 0.717) is 4.73 Å². The fourth-order valence-corrected chi connectivity index (χ4v) is 0.373. The second-order valence-corrected chi connectivity index (χ2v) is 1.52. The first-order chi connectivity index (χ1) is 3.39. The van der Waals surface area contributed by atoms with Crippen LogP contribution in [0, 0.1) is 0 Å². The van der Waals surface area contributed by atoms with Gasteiger partial charge in [-0.1, -0.05) is 0 Å². The molecule has 1 aromatic heterocycles. The maximum Gasteiger partial charge on any atom is 0.238 e. The van der Waals surface area contributed by atoms with Crippen LogP contribution in [0.25, 0.3) is 0 Å². The molecule has 0 aliphatic rings. The summed E-state index contributed by atoms with van der Waals surface area (Å²) in [5.74, 6) is 0. The molecule has 0 saturated heterocycles. The van der Waals surface area contributed by atoms with E-state index in [1.807, 2.05) is 0 Å². The molecule has 36 valence electrons. The van der Waals surface area contributed by atoms with E-state index in [2.05, 4.69) is 36.3 Å². The molecule has 0 aromatic carbocycles. The summed E-state index contributed by atoms with van der Waals surface area (Å²) in [6.07, 6.45) is 1.27. The third-order valence-corrected chi connectivity index (χ3v) is 0.701. The van der Waals surface area contributed by atoms with Gasteiger partial charge in [0.05, 0.1) is 0 Å². The monoisotopic (exact) mass is 160 g/mol. The highest BCUT2D eigenvalue weighted by Gasteiger charge is 1.80. The lowest BCUT2D eigenvalue weighted by Gasteiger charge is -1.76. The molecule has 0 aliphatic heterocycles. The van der Waals surface area contributed by atoms with E-state index >= 15 is 0 Å². The molecule has 0 atom stereocenters. The Kier molecular flexibility index (Phi) is 1.26. The summed E-state index contributed by atoms with van der Waals surface area (Å²) in [6, 6.07) is 0. The molecular weight excluding hydrogens is 160 g/mol. The molecule has 0 fully saturated rings. The first-order valence-corrected chi connectivity index (χ1v) is 2.35. The van der Waals surface area contributed by atoms with Crippen LogP contribution in [-0.4, -0.2) is 20.4 Å². The number of rotatable bonds is 0. The van der Waals surface area contributed by atoms with Crippen LogP contribution < -0.4 is 0 Å². The summed E-state index contributed by atoms with van der Waals surface area (Å²) in [6.45, 7) is 0. The molecule has 0 N–H and O–H groups in total. The van der Waals surface area contributed by atoms with E-state index in [-0.39, 0.29) is 0 Å². The summed E-state index contributed by atoms with van der Waals surface area (Å²) in [4.78, 5) is 0. The van der Waals surface area contributed by atoms with Crippen molar-refractivity contribution in [3.05, 3.63) is 11.1 Å². The minimum Gasteiger partial charge on any atom is -0.134 e. The van der Waals surface area contributed by atoms with Crippen LogP contribution >= 0.6 is 15.9 Å². The Labute approximate surface area is 48.1 Å². The molecule has 1 aromatic rings. The van der Waals surface area contributed by atoms with E-state index in [1.165, 1.54) is 6.33 Å². The van der Waals surface area contributed by atoms with Crippen molar-refractivity contribution in [1.29, 1.82) is 0 Å². The van der Waals surface area contributed by atoms with Gasteiger partial charge in [0.1, 0.15) is 0 Å². The largest absolute Gasteiger partial charge is 0.238 e. The molecule has 1 heterocycles. The molecule has 4 nitrogen and oxygen atoms in total. The molecule has 0 spiro atoms. The Morgan fingerprint density at radius 2 is 1.86 bits per heavy atom. The highest BCUT2D eigenvalue weighted by molar-refractivity contribution is 9.10. The van der Waals surface area contributed by atoms with Crippen LogP contribution in [0.5, 0.6) is 0 Å². The van der Waals surface area contributed by atoms with Crippen LogP contribution in [0.15, 0.2) is 11.1 Å². The molecule has 0 aliphatic carbocycles. The van der Waals surface area contributed by atoms with Crippen LogP contribution in [0.2, 0.25) is 0 Å². The lowest BCUT2D eigenvalue weighted by Crippen LogP contribution is -1.86. The summed E-state index contributed by atoms with van der Waals surface area (Å²) < 4.78 is 0.412. The van der Waals surface area contributed by atoms with E-state index in [1.54, 1.807) is 0 Å². The van der Waals surface area contributed by atoms with Crippen LogP contribution in [0.3, 0.4) is 0 Å². The second-order valence-electron chi connectivity index (χ2n) is 0.815. The Morgan fingerprint density at radius 3 is 2.14 bits per heavy atom. The average molecular weight is 161 g/mol. The van der Waals surface area contributed by atoms with E-state index in [0.717, 1.165) is 0 Å². The van der Waals surface area contributed by atoms with Gasteiger partial charge in [0.25, 0.3) is 0 Å². The van der Waals surface area contributed by atoms with Gasteiger partial charge in [0.15, 0.2) is 6.33 Å². The molecular formula is C2HBrN4. The van der Waals surface area contributed by atoms with Crippen molar-refractivity contribution in [2.45, 2.75) is 0 Å². The lowest BCUT2D eigenvalue weighted by atomic mass is 11.3. The Hall–Kier alpha value is -0.580. The predicted molar refractivity (Wildman–Crippen MR) is 25.3 cm³/mol. The van der Waals surface area contributed by atoms with Gasteiger partial charge < -0.3 is 0 Å². The maximum absolute atomic E-state index is 3.47. The van der Waals surface area contributed by atoms with Gasteiger partial charge in [0, 0.05) is 0 Å². The fraction of sp³-hybridized carbons (Fsp3) is 0. The van der Waals surface area contributed by atoms with E-state index < -0.39 is 0 Å². The zero-order valence-corrected chi connectivity index (χ0v) is 4.83. The number of hydrogen-bond donors (Lipinski definition) is 0. The Morgan fingerprint density at radius 1 is 1.29 bits per heavy atom. The summed E-state index contributed by atoms with van der Waals surface area (Å²) >= 11 is 2.96. The summed E-state index contributed by atoms with van der Waals surface area (Å²) in [5, 5.41) is 13.8. The third-order valence-electron chi connectivity index (χ3n) is 0.384. The van der Waals surface area contributed by atoms with Crippen molar-refractivity contribution in [1.82, 2.24) is 20.4 Å². The molecule has 7 heavy (non-hydrogen) atoms. The van der Waals surface area contributed by atoms with Crippen molar-refractivity contribution in [2.24, 2.45) is 0 Å². The molecule has 0 amide bonds. The van der Waals surface area contributed by atoms with Crippen molar-refractivity contribution >= 4 is 15.9 Å². The molecule has 0 unspecified atom stereocenters. The molecule has 1 rings (SSSR count). The lowest BCUT2D eigenvalue weighted by molar-refractivity contribution is 0.824. The highest BCUT2D eigenvalue weighted by Crippen LogP contribution is 1.90. The first kappa shape index (κ1) is 4.58. The number of aromatic nitrogens is 4. The maximum atomic E-state index is 3.47. The Balaban J connectivity index is 3.02. The quantitative estimate of drug-likeness (QED) is 0.538. The summed E-state index contributed by atoms with van der Waals surface area (Å²) in [7, 11) is 0. The Bertz CT molecular complexity index is 140. The topological polar surface area (TPSA) is 51.6 Å². The van der Waals surface area contributed by atoms with Crippen molar-refractivity contribution < 1.29 is 0 Å². The highest BCUT2D eigenvalue weighted by atomic mass is 79.9. The molecule has 0 bridgehead atoms. The molecule has 0 saturated carbocycles. The summed E-state index contributed by atoms with van der Waals surface area (Å²) in [5.41, 5.74) is 0. The minimum atomic E-state index is 0.412. The van der Waals surface area contributed by atoms with Gasteiger partial charge in [0.2, 0.25) is 4.73 Å². The average Bonchev–Trinajstić information content (AvgIpc) is 1.69. The van der Waals surface area contributed by atoms with E-state index in [4.69, 9.17) is 0 Å². The van der Waals surface area contributed by atoms with Gasteiger partial charge in [-0.05, 0) is 15.9 Å². The van der Waals surface area contributed by atoms with Crippen LogP contribution in [0.4, 0.5) is 0 Å². The van der Waals surface area contributed by atoms with Gasteiger partial charge in [-0.2, -0.15) is 0 Å². The van der Waals surface area contributed by atoms with Crippen molar-refractivity contribution in [2.75, 3.05) is 0 Å². The number of hydrogen-bond acceptors (Lipinski definition) is 4. The van der Waals surface area contributed by atoms with Crippen molar-refractivity contribution in [3.8, 4) is 0 Å². The zero-order valence-electron chi connectivity index (χ0n) is 3.24. The normalized spacial score (nSPS) is 8.71.